The van der Waals surface area contributed by atoms with Crippen molar-refractivity contribution < 1.29 is 34.2 Å². The fourth-order valence-corrected chi connectivity index (χ4v) is 0.484. The molecule has 0 saturated heterocycles. The third kappa shape index (κ3) is 3.02. The van der Waals surface area contributed by atoms with E-state index in [1.165, 1.54) is 12.1 Å². The van der Waals surface area contributed by atoms with Crippen molar-refractivity contribution in [1.82, 2.24) is 4.98 Å². The van der Waals surface area contributed by atoms with Crippen LogP contribution in [0.5, 0.6) is 0 Å². The second-order valence-electron chi connectivity index (χ2n) is 1.65. The summed E-state index contributed by atoms with van der Waals surface area (Å²) in [5.41, 5.74) is -0.907. The molecule has 0 fully saturated rings. The number of pyridine rings is 1. The first-order valence-corrected chi connectivity index (χ1v) is 2.51. The van der Waals surface area contributed by atoms with Gasteiger partial charge in [-0.15, -0.1) is 6.07 Å². The van der Waals surface area contributed by atoms with E-state index in [1.807, 2.05) is 0 Å². The van der Waals surface area contributed by atoms with Crippen molar-refractivity contribution in [1.29, 1.82) is 0 Å². The van der Waals surface area contributed by atoms with Gasteiger partial charge in [0.2, 0.25) is 0 Å². The van der Waals surface area contributed by atoms with Gasteiger partial charge in [-0.05, 0) is 0 Å². The van der Waals surface area contributed by atoms with Crippen molar-refractivity contribution in [3.8, 4) is 0 Å². The molecular formula is C6H3F3MoN-. The molecule has 1 rings (SSSR count). The second kappa shape index (κ2) is 3.86. The van der Waals surface area contributed by atoms with Gasteiger partial charge in [-0.2, -0.15) is 25.3 Å². The van der Waals surface area contributed by atoms with Gasteiger partial charge >= 0.3 is 6.18 Å². The first kappa shape index (κ1) is 10.6. The third-order valence-electron chi connectivity index (χ3n) is 0.900. The van der Waals surface area contributed by atoms with Crippen LogP contribution in [0.25, 0.3) is 0 Å². The molecule has 0 aromatic carbocycles. The Morgan fingerprint density at radius 3 is 2.27 bits per heavy atom. The van der Waals surface area contributed by atoms with E-state index < -0.39 is 11.9 Å². The molecule has 60 valence electrons. The Morgan fingerprint density at radius 2 is 2.00 bits per heavy atom. The van der Waals surface area contributed by atoms with Gasteiger partial charge in [0.1, 0.15) is 0 Å². The summed E-state index contributed by atoms with van der Waals surface area (Å²) in [5.74, 6) is 0. The Labute approximate surface area is 75.9 Å². The van der Waals surface area contributed by atoms with Gasteiger partial charge in [-0.25, -0.2) is 0 Å². The number of rotatable bonds is 0. The Bertz CT molecular complexity index is 209. The van der Waals surface area contributed by atoms with Gasteiger partial charge in [0.15, 0.2) is 0 Å². The molecule has 11 heavy (non-hydrogen) atoms. The van der Waals surface area contributed by atoms with E-state index in [0.29, 0.717) is 0 Å². The molecular weight excluding hydrogens is 239 g/mol. The summed E-state index contributed by atoms with van der Waals surface area (Å²) in [6.07, 6.45) is -2.25. The average molecular weight is 242 g/mol. The van der Waals surface area contributed by atoms with Crippen LogP contribution in [0.1, 0.15) is 5.69 Å². The van der Waals surface area contributed by atoms with Crippen LogP contribution >= 0.6 is 0 Å². The molecule has 0 unspecified atom stereocenters. The largest absolute Gasteiger partial charge is 0.385 e. The number of nitrogens with zero attached hydrogens (tertiary/aromatic N) is 1. The Hall–Kier alpha value is -0.372. The average Bonchev–Trinajstić information content (AvgIpc) is 1.88. The zero-order chi connectivity index (χ0) is 7.61. The molecule has 1 nitrogen and oxygen atoms in total. The molecule has 0 aliphatic heterocycles. The van der Waals surface area contributed by atoms with Crippen LogP contribution in [0.3, 0.4) is 0 Å². The number of alkyl halides is 3. The number of hydrogen-bond donors (Lipinski definition) is 0. The molecule has 0 saturated carbocycles. The fourth-order valence-electron chi connectivity index (χ4n) is 0.484. The molecule has 0 amide bonds. The summed E-state index contributed by atoms with van der Waals surface area (Å²) >= 11 is 0. The molecule has 0 bridgehead atoms. The second-order valence-corrected chi connectivity index (χ2v) is 1.65. The molecule has 1 aromatic heterocycles. The number of aromatic nitrogens is 1. The summed E-state index contributed by atoms with van der Waals surface area (Å²) < 4.78 is 35.1. The molecule has 0 N–H and O–H groups in total. The Kier molecular flexibility index (Phi) is 3.73. The van der Waals surface area contributed by atoms with Crippen LogP contribution in [0.15, 0.2) is 18.2 Å². The predicted octanol–water partition coefficient (Wildman–Crippen LogP) is 1.90. The molecule has 0 atom stereocenters. The van der Waals surface area contributed by atoms with Gasteiger partial charge < -0.3 is 4.98 Å². The maximum absolute atomic E-state index is 11.7. The SMILES string of the molecule is FC(F)(F)c1ccc[c-]n1.[Mo]. The molecule has 1 heterocycles. The maximum atomic E-state index is 11.7. The van der Waals surface area contributed by atoms with E-state index in [2.05, 4.69) is 11.2 Å². The number of hydrogen-bond acceptors (Lipinski definition) is 1. The minimum absolute atomic E-state index is 0. The van der Waals surface area contributed by atoms with E-state index in [-0.39, 0.29) is 21.1 Å². The molecule has 1 aromatic rings. The van der Waals surface area contributed by atoms with E-state index in [0.717, 1.165) is 6.07 Å². The van der Waals surface area contributed by atoms with Crippen LogP contribution in [0.2, 0.25) is 0 Å². The minimum Gasteiger partial charge on any atom is -0.382 e. The monoisotopic (exact) mass is 244 g/mol. The Balaban J connectivity index is 0.000001000. The summed E-state index contributed by atoms with van der Waals surface area (Å²) in [4.78, 5) is 3.00. The first-order chi connectivity index (χ1) is 4.61. The van der Waals surface area contributed by atoms with Gasteiger partial charge in [-0.1, -0.05) is 6.20 Å². The number of halogens is 3. The normalized spacial score (nSPS) is 10.5. The standard InChI is InChI=1S/C6H3F3N.Mo/c7-6(8,9)5-3-1-2-4-10-5;/h1-3H;/q-1;. The fraction of sp³-hybridized carbons (Fsp3) is 0.167. The van der Waals surface area contributed by atoms with Crippen LogP contribution in [0.4, 0.5) is 13.2 Å². The van der Waals surface area contributed by atoms with E-state index in [9.17, 15) is 13.2 Å². The van der Waals surface area contributed by atoms with Crippen LogP contribution in [0, 0.1) is 6.20 Å². The van der Waals surface area contributed by atoms with Gasteiger partial charge in [0, 0.05) is 26.8 Å². The summed E-state index contributed by atoms with van der Waals surface area (Å²) in [6, 6.07) is 3.46. The van der Waals surface area contributed by atoms with E-state index in [4.69, 9.17) is 0 Å². The molecule has 0 aliphatic rings. The molecule has 0 aliphatic carbocycles. The summed E-state index contributed by atoms with van der Waals surface area (Å²) in [7, 11) is 0. The van der Waals surface area contributed by atoms with Crippen LogP contribution in [-0.2, 0) is 27.2 Å². The topological polar surface area (TPSA) is 12.9 Å². The molecule has 0 spiro atoms. The smallest absolute Gasteiger partial charge is 0.382 e. The summed E-state index contributed by atoms with van der Waals surface area (Å²) in [5, 5.41) is 0. The van der Waals surface area contributed by atoms with Crippen molar-refractivity contribution in [2.75, 3.05) is 0 Å². The van der Waals surface area contributed by atoms with E-state index in [1.54, 1.807) is 0 Å². The van der Waals surface area contributed by atoms with Crippen molar-refractivity contribution in [2.45, 2.75) is 6.18 Å². The maximum Gasteiger partial charge on any atom is 0.385 e. The van der Waals surface area contributed by atoms with E-state index >= 15 is 0 Å². The molecule has 0 radical (unpaired) electrons. The van der Waals surface area contributed by atoms with Crippen molar-refractivity contribution >= 4 is 0 Å². The quantitative estimate of drug-likeness (QED) is 0.500. The first-order valence-electron chi connectivity index (χ1n) is 2.51. The van der Waals surface area contributed by atoms with Crippen molar-refractivity contribution in [2.24, 2.45) is 0 Å². The van der Waals surface area contributed by atoms with Crippen LogP contribution in [-0.4, -0.2) is 4.98 Å². The van der Waals surface area contributed by atoms with Gasteiger partial charge in [-0.3, -0.25) is 0 Å². The third-order valence-corrected chi connectivity index (χ3v) is 0.900. The zero-order valence-corrected chi connectivity index (χ0v) is 7.23. The minimum atomic E-state index is -4.35. The van der Waals surface area contributed by atoms with Crippen molar-refractivity contribution in [3.63, 3.8) is 0 Å². The Morgan fingerprint density at radius 1 is 1.36 bits per heavy atom. The van der Waals surface area contributed by atoms with Crippen molar-refractivity contribution in [3.05, 3.63) is 30.1 Å². The van der Waals surface area contributed by atoms with Gasteiger partial charge in [0.25, 0.3) is 0 Å². The van der Waals surface area contributed by atoms with Gasteiger partial charge in [0.05, 0.1) is 0 Å². The predicted molar refractivity (Wildman–Crippen MR) is 28.1 cm³/mol. The van der Waals surface area contributed by atoms with Crippen LogP contribution < -0.4 is 0 Å². The zero-order valence-electron chi connectivity index (χ0n) is 5.22. The summed E-state index contributed by atoms with van der Waals surface area (Å²) in [6.45, 7) is 0. The molecule has 5 heteroatoms.